The Labute approximate surface area is 226 Å². The Kier molecular flexibility index (Phi) is 7.67. The second kappa shape index (κ2) is 10.7. The summed E-state index contributed by atoms with van der Waals surface area (Å²) >= 11 is 0. The number of aliphatic hydroxyl groups is 1. The number of sulfonamides is 2. The molecule has 15 heteroatoms. The van der Waals surface area contributed by atoms with E-state index < -0.39 is 31.8 Å². The Morgan fingerprint density at radius 3 is 2.77 bits per heavy atom. The maximum Gasteiger partial charge on any atom is 0.244 e. The minimum atomic E-state index is -3.84. The summed E-state index contributed by atoms with van der Waals surface area (Å²) in [6.07, 6.45) is 2.36. The van der Waals surface area contributed by atoms with Gasteiger partial charge >= 0.3 is 0 Å². The fourth-order valence-corrected chi connectivity index (χ4v) is 7.01. The van der Waals surface area contributed by atoms with Crippen LogP contribution in [-0.4, -0.2) is 92.0 Å². The van der Waals surface area contributed by atoms with Crippen LogP contribution in [0.5, 0.6) is 5.75 Å². The zero-order valence-electron chi connectivity index (χ0n) is 21.4. The first-order valence-corrected chi connectivity index (χ1v) is 15.6. The van der Waals surface area contributed by atoms with Crippen LogP contribution >= 0.6 is 0 Å². The van der Waals surface area contributed by atoms with Crippen LogP contribution in [0, 0.1) is 6.92 Å². The number of hydrogen-bond donors (Lipinski definition) is 4. The van der Waals surface area contributed by atoms with Crippen molar-refractivity contribution in [1.82, 2.24) is 24.8 Å². The predicted octanol–water partition coefficient (Wildman–Crippen LogP) is 0.255. The van der Waals surface area contributed by atoms with Gasteiger partial charge in [-0.3, -0.25) is 5.10 Å². The van der Waals surface area contributed by atoms with Crippen molar-refractivity contribution in [1.29, 1.82) is 0 Å². The van der Waals surface area contributed by atoms with Crippen LogP contribution in [0.3, 0.4) is 0 Å². The fraction of sp³-hybridized carbons (Fsp3) is 0.500. The lowest BCUT2D eigenvalue weighted by Crippen LogP contribution is -2.47. The summed E-state index contributed by atoms with van der Waals surface area (Å²) in [5.41, 5.74) is 0.829. The van der Waals surface area contributed by atoms with Crippen LogP contribution < -0.4 is 15.2 Å². The molecule has 2 aliphatic heterocycles. The number of H-pyrrole nitrogens is 1. The van der Waals surface area contributed by atoms with Gasteiger partial charge in [0.25, 0.3) is 0 Å². The molecule has 2 atom stereocenters. The first-order chi connectivity index (χ1) is 18.5. The standard InChI is InChI=1S/C24H32N6O7S2/c1-16-22-10-21(13-27-23(22)29-28-16)39(34,35)30-7-5-24(6-8-30)11-17(14-37-24)26-12-18(31)15-36-19-3-2-4-20(9-19)38(25,32)33/h2-4,9-10,13,17-18,26,31H,5-8,11-12,14-15H2,1H3,(H2,25,32,33)(H,27,28,29)/t17-,18+/m1/s1. The van der Waals surface area contributed by atoms with E-state index in [2.05, 4.69) is 20.5 Å². The lowest BCUT2D eigenvalue weighted by atomic mass is 9.88. The summed E-state index contributed by atoms with van der Waals surface area (Å²) < 4.78 is 62.7. The molecule has 2 saturated heterocycles. The lowest BCUT2D eigenvalue weighted by molar-refractivity contribution is -0.0312. The van der Waals surface area contributed by atoms with Crippen LogP contribution in [0.15, 0.2) is 46.3 Å². The molecule has 0 unspecified atom stereocenters. The topological polar surface area (TPSA) is 190 Å². The van der Waals surface area contributed by atoms with E-state index in [9.17, 15) is 21.9 Å². The molecule has 5 rings (SSSR count). The quantitative estimate of drug-likeness (QED) is 0.273. The molecular weight excluding hydrogens is 548 g/mol. The van der Waals surface area contributed by atoms with E-state index in [0.717, 1.165) is 0 Å². The minimum Gasteiger partial charge on any atom is -0.491 e. The molecule has 1 spiro atoms. The van der Waals surface area contributed by atoms with Gasteiger partial charge in [-0.1, -0.05) is 6.07 Å². The van der Waals surface area contributed by atoms with Crippen molar-refractivity contribution in [2.75, 3.05) is 32.8 Å². The highest BCUT2D eigenvalue weighted by Crippen LogP contribution is 2.37. The average molecular weight is 581 g/mol. The zero-order valence-corrected chi connectivity index (χ0v) is 23.0. The molecule has 2 aromatic heterocycles. The molecule has 0 amide bonds. The Morgan fingerprint density at radius 2 is 2.03 bits per heavy atom. The maximum atomic E-state index is 13.3. The summed E-state index contributed by atoms with van der Waals surface area (Å²) in [6, 6.07) is 7.39. The van der Waals surface area contributed by atoms with E-state index in [1.54, 1.807) is 19.1 Å². The highest BCUT2D eigenvalue weighted by molar-refractivity contribution is 7.89. The van der Waals surface area contributed by atoms with Crippen molar-refractivity contribution >= 4 is 31.1 Å². The summed E-state index contributed by atoms with van der Waals surface area (Å²) in [5, 5.41) is 26.3. The number of aromatic nitrogens is 3. The van der Waals surface area contributed by atoms with Gasteiger partial charge in [0.2, 0.25) is 20.0 Å². The van der Waals surface area contributed by atoms with Crippen molar-refractivity contribution in [3.8, 4) is 5.75 Å². The SMILES string of the molecule is Cc1n[nH]c2ncc(S(=O)(=O)N3CCC4(CC3)C[C@@H](NC[C@H](O)COc3cccc(S(N)(=O)=O)c3)CO4)cc12. The van der Waals surface area contributed by atoms with Gasteiger partial charge in [-0.25, -0.2) is 27.0 Å². The number of aliphatic hydroxyl groups excluding tert-OH is 1. The van der Waals surface area contributed by atoms with Gasteiger partial charge in [0.15, 0.2) is 5.65 Å². The number of fused-ring (bicyclic) bond motifs is 1. The molecule has 13 nitrogen and oxygen atoms in total. The minimum absolute atomic E-state index is 0.00388. The number of nitrogens with two attached hydrogens (primary N) is 1. The maximum absolute atomic E-state index is 13.3. The van der Waals surface area contributed by atoms with Crippen LogP contribution in [0.4, 0.5) is 0 Å². The highest BCUT2D eigenvalue weighted by atomic mass is 32.2. The second-order valence-corrected chi connectivity index (χ2v) is 13.6. The van der Waals surface area contributed by atoms with Crippen molar-refractivity contribution in [3.05, 3.63) is 42.2 Å². The third-order valence-electron chi connectivity index (χ3n) is 7.28. The normalized spacial score (nSPS) is 20.9. The number of benzene rings is 1. The van der Waals surface area contributed by atoms with Crippen molar-refractivity contribution in [3.63, 3.8) is 0 Å². The zero-order chi connectivity index (χ0) is 27.8. The molecule has 0 aliphatic carbocycles. The number of rotatable bonds is 9. The number of ether oxygens (including phenoxy) is 2. The number of aryl methyl sites for hydroxylation is 1. The fourth-order valence-electron chi connectivity index (χ4n) is 5.05. The summed E-state index contributed by atoms with van der Waals surface area (Å²) in [6.45, 7) is 3.15. The van der Waals surface area contributed by atoms with E-state index in [4.69, 9.17) is 14.6 Å². The van der Waals surface area contributed by atoms with Crippen LogP contribution in [0.1, 0.15) is 25.0 Å². The van der Waals surface area contributed by atoms with E-state index in [-0.39, 0.29) is 29.0 Å². The van der Waals surface area contributed by atoms with Gasteiger partial charge in [-0.15, -0.1) is 0 Å². The molecule has 39 heavy (non-hydrogen) atoms. The number of primary sulfonamides is 1. The van der Waals surface area contributed by atoms with E-state index in [1.165, 1.54) is 28.7 Å². The van der Waals surface area contributed by atoms with Gasteiger partial charge < -0.3 is 19.9 Å². The molecule has 212 valence electrons. The first kappa shape index (κ1) is 27.9. The van der Waals surface area contributed by atoms with Crippen molar-refractivity contribution in [2.24, 2.45) is 5.14 Å². The summed E-state index contributed by atoms with van der Waals surface area (Å²) in [5.74, 6) is 0.293. The van der Waals surface area contributed by atoms with Crippen LogP contribution in [-0.2, 0) is 24.8 Å². The second-order valence-electron chi connectivity index (χ2n) is 10.1. The lowest BCUT2D eigenvalue weighted by Gasteiger charge is -2.38. The molecule has 0 radical (unpaired) electrons. The van der Waals surface area contributed by atoms with E-state index in [1.807, 2.05) is 0 Å². The third kappa shape index (κ3) is 6.09. The molecule has 4 heterocycles. The van der Waals surface area contributed by atoms with Gasteiger partial charge in [-0.05, 0) is 44.4 Å². The molecule has 2 fully saturated rings. The molecular formula is C24H32N6O7S2. The predicted molar refractivity (Wildman–Crippen MR) is 141 cm³/mol. The van der Waals surface area contributed by atoms with Gasteiger partial charge in [-0.2, -0.15) is 9.40 Å². The van der Waals surface area contributed by atoms with Crippen molar-refractivity contribution < 1.29 is 31.4 Å². The number of nitrogens with one attached hydrogen (secondary N) is 2. The molecule has 0 saturated carbocycles. The molecule has 0 bridgehead atoms. The van der Waals surface area contributed by atoms with E-state index >= 15 is 0 Å². The van der Waals surface area contributed by atoms with Crippen LogP contribution in [0.2, 0.25) is 0 Å². The molecule has 1 aromatic carbocycles. The molecule has 5 N–H and O–H groups in total. The third-order valence-corrected chi connectivity index (χ3v) is 10.1. The van der Waals surface area contributed by atoms with Gasteiger partial charge in [0.1, 0.15) is 23.4 Å². The Hall–Kier alpha value is -2.66. The Morgan fingerprint density at radius 1 is 1.26 bits per heavy atom. The highest BCUT2D eigenvalue weighted by Gasteiger charge is 2.44. The van der Waals surface area contributed by atoms with Gasteiger partial charge in [0, 0.05) is 43.3 Å². The van der Waals surface area contributed by atoms with Crippen molar-refractivity contribution in [2.45, 2.75) is 53.7 Å². The summed E-state index contributed by atoms with van der Waals surface area (Å²) in [4.78, 5) is 4.29. The number of aromatic amines is 1. The smallest absolute Gasteiger partial charge is 0.244 e. The number of nitrogens with zero attached hydrogens (tertiary/aromatic N) is 3. The molecule has 2 aliphatic rings. The number of pyridine rings is 1. The largest absolute Gasteiger partial charge is 0.491 e. The average Bonchev–Trinajstić information content (AvgIpc) is 3.49. The van der Waals surface area contributed by atoms with Crippen LogP contribution in [0.25, 0.3) is 11.0 Å². The summed E-state index contributed by atoms with van der Waals surface area (Å²) in [7, 11) is -7.54. The number of hydrogen-bond acceptors (Lipinski definition) is 10. The monoisotopic (exact) mass is 580 g/mol. The first-order valence-electron chi connectivity index (χ1n) is 12.6. The van der Waals surface area contributed by atoms with E-state index in [0.29, 0.717) is 61.4 Å². The Balaban J connectivity index is 1.10. The number of piperidine rings is 1. The Bertz CT molecular complexity index is 1550. The molecule has 3 aromatic rings. The van der Waals surface area contributed by atoms with Gasteiger partial charge in [0.05, 0.1) is 22.8 Å².